The lowest BCUT2D eigenvalue weighted by molar-refractivity contribution is 0.416. The van der Waals surface area contributed by atoms with Gasteiger partial charge in [-0.3, -0.25) is 4.99 Å². The fourth-order valence-corrected chi connectivity index (χ4v) is 3.37. The molecule has 16 heavy (non-hydrogen) atoms. The molecule has 0 aromatic rings. The number of hydrogen-bond donors (Lipinski definition) is 1. The lowest BCUT2D eigenvalue weighted by Crippen LogP contribution is -2.40. The molecule has 0 aromatic carbocycles. The van der Waals surface area contributed by atoms with Crippen LogP contribution in [0.5, 0.6) is 0 Å². The standard InChI is InChI=1S/C13H26N2S/c1-6-11(7-2)10(4)14-12-15-13(5,8-3)9-16-12/h10-11H,6-9H2,1-5H3,(H,14,15). The van der Waals surface area contributed by atoms with Crippen molar-refractivity contribution in [1.82, 2.24) is 5.32 Å². The van der Waals surface area contributed by atoms with E-state index < -0.39 is 0 Å². The Morgan fingerprint density at radius 2 is 2.00 bits per heavy atom. The van der Waals surface area contributed by atoms with Gasteiger partial charge in [0.25, 0.3) is 0 Å². The molecule has 1 rings (SSSR count). The third-order valence-electron chi connectivity index (χ3n) is 3.77. The first-order chi connectivity index (χ1) is 7.54. The molecule has 1 fully saturated rings. The van der Waals surface area contributed by atoms with Crippen LogP contribution in [0.2, 0.25) is 0 Å². The van der Waals surface area contributed by atoms with E-state index in [1.165, 1.54) is 19.3 Å². The first-order valence-corrected chi connectivity index (χ1v) is 7.52. The second-order valence-corrected chi connectivity index (χ2v) is 6.04. The highest BCUT2D eigenvalue weighted by molar-refractivity contribution is 8.14. The van der Waals surface area contributed by atoms with Gasteiger partial charge in [0.05, 0.1) is 6.04 Å². The van der Waals surface area contributed by atoms with E-state index in [-0.39, 0.29) is 5.54 Å². The third kappa shape index (κ3) is 3.41. The minimum Gasteiger partial charge on any atom is -0.359 e. The van der Waals surface area contributed by atoms with E-state index in [4.69, 9.17) is 4.99 Å². The third-order valence-corrected chi connectivity index (χ3v) is 5.03. The van der Waals surface area contributed by atoms with Gasteiger partial charge in [0.1, 0.15) is 0 Å². The Hall–Kier alpha value is -0.180. The molecular formula is C13H26N2S. The van der Waals surface area contributed by atoms with Crippen LogP contribution < -0.4 is 5.32 Å². The molecule has 0 saturated carbocycles. The Kier molecular flexibility index (Phi) is 5.16. The van der Waals surface area contributed by atoms with Crippen molar-refractivity contribution in [2.75, 3.05) is 5.75 Å². The summed E-state index contributed by atoms with van der Waals surface area (Å²) in [6.45, 7) is 11.3. The highest BCUT2D eigenvalue weighted by Gasteiger charge is 2.31. The summed E-state index contributed by atoms with van der Waals surface area (Å²) in [7, 11) is 0. The summed E-state index contributed by atoms with van der Waals surface area (Å²) >= 11 is 1.88. The van der Waals surface area contributed by atoms with Crippen molar-refractivity contribution in [2.24, 2.45) is 10.9 Å². The Balaban J connectivity index is 2.58. The molecule has 2 atom stereocenters. The summed E-state index contributed by atoms with van der Waals surface area (Å²) in [5.74, 6) is 1.88. The van der Waals surface area contributed by atoms with Crippen LogP contribution >= 0.6 is 11.8 Å². The number of hydrogen-bond acceptors (Lipinski definition) is 2. The summed E-state index contributed by atoms with van der Waals surface area (Å²) < 4.78 is 0. The molecule has 1 saturated heterocycles. The molecule has 2 nitrogen and oxygen atoms in total. The monoisotopic (exact) mass is 242 g/mol. The van der Waals surface area contributed by atoms with Gasteiger partial charge in [-0.1, -0.05) is 45.4 Å². The zero-order chi connectivity index (χ0) is 12.2. The lowest BCUT2D eigenvalue weighted by atomic mass is 9.96. The first kappa shape index (κ1) is 13.9. The van der Waals surface area contributed by atoms with E-state index in [1.54, 1.807) is 0 Å². The number of thioether (sulfide) groups is 1. The van der Waals surface area contributed by atoms with Gasteiger partial charge in [-0.25, -0.2) is 0 Å². The van der Waals surface area contributed by atoms with Gasteiger partial charge in [-0.2, -0.15) is 0 Å². The molecule has 0 bridgehead atoms. The molecule has 1 N–H and O–H groups in total. The van der Waals surface area contributed by atoms with Crippen molar-refractivity contribution in [2.45, 2.75) is 65.5 Å². The van der Waals surface area contributed by atoms with Crippen LogP contribution in [0, 0.1) is 5.92 Å². The molecule has 2 unspecified atom stereocenters. The van der Waals surface area contributed by atoms with Crippen LogP contribution in [-0.4, -0.2) is 22.5 Å². The van der Waals surface area contributed by atoms with Crippen molar-refractivity contribution >= 4 is 16.9 Å². The SMILES string of the molecule is CCC(CC)C(C)N=C1NC(C)(CC)CS1. The summed E-state index contributed by atoms with van der Waals surface area (Å²) in [5.41, 5.74) is 0.261. The van der Waals surface area contributed by atoms with Crippen molar-refractivity contribution in [3.8, 4) is 0 Å². The number of aliphatic imine (C=N–C) groups is 1. The molecule has 94 valence electrons. The van der Waals surface area contributed by atoms with Gasteiger partial charge in [0, 0.05) is 11.3 Å². The average molecular weight is 242 g/mol. The van der Waals surface area contributed by atoms with Gasteiger partial charge >= 0.3 is 0 Å². The largest absolute Gasteiger partial charge is 0.359 e. The van der Waals surface area contributed by atoms with Gasteiger partial charge in [-0.15, -0.1) is 0 Å². The predicted molar refractivity (Wildman–Crippen MR) is 75.3 cm³/mol. The molecule has 0 aliphatic carbocycles. The van der Waals surface area contributed by atoms with E-state index in [0.717, 1.165) is 16.8 Å². The zero-order valence-electron chi connectivity index (χ0n) is 11.3. The molecule has 1 aliphatic heterocycles. The van der Waals surface area contributed by atoms with E-state index in [2.05, 4.69) is 39.9 Å². The van der Waals surface area contributed by atoms with Crippen LogP contribution in [0.3, 0.4) is 0 Å². The van der Waals surface area contributed by atoms with E-state index >= 15 is 0 Å². The van der Waals surface area contributed by atoms with Gasteiger partial charge in [0.15, 0.2) is 5.17 Å². The predicted octanol–water partition coefficient (Wildman–Crippen LogP) is 3.67. The number of nitrogens with zero attached hydrogens (tertiary/aromatic N) is 1. The van der Waals surface area contributed by atoms with Crippen LogP contribution in [-0.2, 0) is 0 Å². The molecule has 1 heterocycles. The molecule has 3 heteroatoms. The van der Waals surface area contributed by atoms with E-state index in [0.29, 0.717) is 6.04 Å². The molecule has 0 amide bonds. The Labute approximate surface area is 105 Å². The maximum atomic E-state index is 4.83. The summed E-state index contributed by atoms with van der Waals surface area (Å²) in [6, 6.07) is 0.448. The Bertz CT molecular complexity index is 248. The van der Waals surface area contributed by atoms with Gasteiger partial charge < -0.3 is 5.32 Å². The van der Waals surface area contributed by atoms with Crippen LogP contribution in [0.15, 0.2) is 4.99 Å². The average Bonchev–Trinajstić information content (AvgIpc) is 2.63. The smallest absolute Gasteiger partial charge is 0.157 e. The molecular weight excluding hydrogens is 216 g/mol. The summed E-state index contributed by atoms with van der Waals surface area (Å²) in [6.07, 6.45) is 3.62. The van der Waals surface area contributed by atoms with E-state index in [9.17, 15) is 0 Å². The second kappa shape index (κ2) is 5.95. The normalized spacial score (nSPS) is 29.8. The second-order valence-electron chi connectivity index (χ2n) is 5.08. The Morgan fingerprint density at radius 1 is 1.38 bits per heavy atom. The minimum absolute atomic E-state index is 0.261. The first-order valence-electron chi connectivity index (χ1n) is 6.53. The number of nitrogens with one attached hydrogen (secondary N) is 1. The Morgan fingerprint density at radius 3 is 2.44 bits per heavy atom. The zero-order valence-corrected chi connectivity index (χ0v) is 12.2. The van der Waals surface area contributed by atoms with Crippen molar-refractivity contribution < 1.29 is 0 Å². The molecule has 0 aromatic heterocycles. The molecule has 0 spiro atoms. The van der Waals surface area contributed by atoms with E-state index in [1.807, 2.05) is 11.8 Å². The topological polar surface area (TPSA) is 24.4 Å². The van der Waals surface area contributed by atoms with Crippen LogP contribution in [0.25, 0.3) is 0 Å². The van der Waals surface area contributed by atoms with Gasteiger partial charge in [-0.05, 0) is 26.2 Å². The number of amidine groups is 1. The minimum atomic E-state index is 0.261. The van der Waals surface area contributed by atoms with Crippen LogP contribution in [0.1, 0.15) is 53.9 Å². The highest BCUT2D eigenvalue weighted by atomic mass is 32.2. The van der Waals surface area contributed by atoms with Crippen molar-refractivity contribution in [3.05, 3.63) is 0 Å². The fraction of sp³-hybridized carbons (Fsp3) is 0.923. The maximum Gasteiger partial charge on any atom is 0.157 e. The van der Waals surface area contributed by atoms with Crippen LogP contribution in [0.4, 0.5) is 0 Å². The number of rotatable bonds is 5. The van der Waals surface area contributed by atoms with Crippen molar-refractivity contribution in [1.29, 1.82) is 0 Å². The fourth-order valence-electron chi connectivity index (χ4n) is 2.08. The van der Waals surface area contributed by atoms with Gasteiger partial charge in [0.2, 0.25) is 0 Å². The quantitative estimate of drug-likeness (QED) is 0.795. The molecule has 0 radical (unpaired) electrons. The van der Waals surface area contributed by atoms with Crippen molar-refractivity contribution in [3.63, 3.8) is 0 Å². The summed E-state index contributed by atoms with van der Waals surface area (Å²) in [5, 5.41) is 4.72. The summed E-state index contributed by atoms with van der Waals surface area (Å²) in [4.78, 5) is 4.83. The highest BCUT2D eigenvalue weighted by Crippen LogP contribution is 2.27. The maximum absolute atomic E-state index is 4.83. The molecule has 1 aliphatic rings. The lowest BCUT2D eigenvalue weighted by Gasteiger charge is -2.22.